The summed E-state index contributed by atoms with van der Waals surface area (Å²) in [6.45, 7) is 8.83. The second-order valence-corrected chi connectivity index (χ2v) is 6.61. The minimum absolute atomic E-state index is 0. The molecule has 0 fully saturated rings. The standard InChI is InChI=1S/C19H24N2O2.BrH/c1-15-9-8-12-21(14-16-10-6-5-7-11-16)17(15)13-20-18(22)23-19(2,3)4;/h5-12H,13-14H2,1-4H3;1H. The number of hydrogen-bond donors (Lipinski definition) is 1. The molecule has 5 heteroatoms. The Morgan fingerprint density at radius 2 is 1.79 bits per heavy atom. The number of carbonyl (C=O) groups is 1. The van der Waals surface area contributed by atoms with Crippen LogP contribution in [0.5, 0.6) is 0 Å². The monoisotopic (exact) mass is 392 g/mol. The molecule has 2 aromatic rings. The first-order valence-corrected chi connectivity index (χ1v) is 7.84. The number of ether oxygens (including phenoxy) is 1. The van der Waals surface area contributed by atoms with Crippen LogP contribution in [0.1, 0.15) is 37.6 Å². The molecule has 0 spiro atoms. The number of hydrogen-bond acceptors (Lipinski definition) is 2. The van der Waals surface area contributed by atoms with E-state index in [1.165, 1.54) is 5.56 Å². The number of nitrogens with zero attached hydrogens (tertiary/aromatic N) is 1. The fourth-order valence-electron chi connectivity index (χ4n) is 2.34. The van der Waals surface area contributed by atoms with Crippen molar-refractivity contribution in [3.05, 3.63) is 65.5 Å². The van der Waals surface area contributed by atoms with Crippen molar-refractivity contribution >= 4 is 6.09 Å². The van der Waals surface area contributed by atoms with E-state index < -0.39 is 11.7 Å². The number of halogens is 1. The summed E-state index contributed by atoms with van der Waals surface area (Å²) in [5.74, 6) is 0. The smallest absolute Gasteiger partial charge is 0.408 e. The summed E-state index contributed by atoms with van der Waals surface area (Å²) in [6.07, 6.45) is 1.64. The minimum Gasteiger partial charge on any atom is -1.00 e. The fraction of sp³-hybridized carbons (Fsp3) is 0.368. The maximum Gasteiger partial charge on any atom is 0.408 e. The van der Waals surface area contributed by atoms with Crippen LogP contribution in [0.3, 0.4) is 0 Å². The van der Waals surface area contributed by atoms with Gasteiger partial charge in [0.2, 0.25) is 5.69 Å². The molecule has 4 nitrogen and oxygen atoms in total. The Labute approximate surface area is 154 Å². The summed E-state index contributed by atoms with van der Waals surface area (Å²) >= 11 is 0. The van der Waals surface area contributed by atoms with E-state index in [0.29, 0.717) is 6.54 Å². The number of benzene rings is 1. The van der Waals surface area contributed by atoms with Gasteiger partial charge in [-0.3, -0.25) is 0 Å². The van der Waals surface area contributed by atoms with Crippen LogP contribution >= 0.6 is 0 Å². The average molecular weight is 393 g/mol. The van der Waals surface area contributed by atoms with Crippen LogP contribution in [0.25, 0.3) is 0 Å². The quantitative estimate of drug-likeness (QED) is 0.763. The SMILES string of the molecule is Cc1ccc[n+](Cc2ccccc2)c1CNC(=O)OC(C)(C)C.[Br-]. The van der Waals surface area contributed by atoms with Crippen LogP contribution in [-0.2, 0) is 17.8 Å². The van der Waals surface area contributed by atoms with Crippen LogP contribution in [0.15, 0.2) is 48.7 Å². The molecule has 0 radical (unpaired) electrons. The summed E-state index contributed by atoms with van der Waals surface area (Å²) in [7, 11) is 0. The number of carbonyl (C=O) groups excluding carboxylic acids is 1. The maximum atomic E-state index is 11.9. The molecule has 130 valence electrons. The second-order valence-electron chi connectivity index (χ2n) is 6.61. The molecular weight excluding hydrogens is 368 g/mol. The zero-order valence-corrected chi connectivity index (χ0v) is 16.3. The van der Waals surface area contributed by atoms with Crippen molar-refractivity contribution in [3.63, 3.8) is 0 Å². The molecule has 1 amide bonds. The lowest BCUT2D eigenvalue weighted by molar-refractivity contribution is -0.696. The molecule has 24 heavy (non-hydrogen) atoms. The van der Waals surface area contributed by atoms with Gasteiger partial charge in [-0.15, -0.1) is 0 Å². The second kappa shape index (κ2) is 8.83. The number of rotatable bonds is 4. The van der Waals surface area contributed by atoms with Gasteiger partial charge in [-0.1, -0.05) is 30.3 Å². The summed E-state index contributed by atoms with van der Waals surface area (Å²) in [4.78, 5) is 11.9. The first-order valence-electron chi connectivity index (χ1n) is 7.84. The van der Waals surface area contributed by atoms with Gasteiger partial charge in [-0.25, -0.2) is 4.79 Å². The maximum absolute atomic E-state index is 11.9. The van der Waals surface area contributed by atoms with Gasteiger partial charge in [0.1, 0.15) is 12.1 Å². The van der Waals surface area contributed by atoms with Gasteiger partial charge in [0.25, 0.3) is 0 Å². The van der Waals surface area contributed by atoms with Crippen molar-refractivity contribution < 1.29 is 31.1 Å². The zero-order chi connectivity index (χ0) is 16.9. The van der Waals surface area contributed by atoms with Gasteiger partial charge in [0.05, 0.1) is 0 Å². The van der Waals surface area contributed by atoms with E-state index in [1.54, 1.807) is 0 Å². The van der Waals surface area contributed by atoms with E-state index in [1.807, 2.05) is 64.2 Å². The van der Waals surface area contributed by atoms with E-state index in [0.717, 1.165) is 17.8 Å². The van der Waals surface area contributed by atoms with Gasteiger partial charge < -0.3 is 27.0 Å². The Morgan fingerprint density at radius 1 is 1.12 bits per heavy atom. The molecule has 0 bridgehead atoms. The van der Waals surface area contributed by atoms with Crippen molar-refractivity contribution in [1.29, 1.82) is 0 Å². The summed E-state index contributed by atoms with van der Waals surface area (Å²) in [6, 6.07) is 14.3. The molecule has 1 aromatic heterocycles. The van der Waals surface area contributed by atoms with E-state index in [9.17, 15) is 4.79 Å². The highest BCUT2D eigenvalue weighted by Gasteiger charge is 2.19. The molecule has 0 aliphatic carbocycles. The molecule has 1 aromatic carbocycles. The van der Waals surface area contributed by atoms with E-state index in [2.05, 4.69) is 22.0 Å². The van der Waals surface area contributed by atoms with Crippen LogP contribution in [0.2, 0.25) is 0 Å². The average Bonchev–Trinajstić information content (AvgIpc) is 2.46. The molecule has 0 saturated carbocycles. The number of amides is 1. The molecule has 2 rings (SSSR count). The third-order valence-corrected chi connectivity index (χ3v) is 3.41. The molecule has 0 aliphatic rings. The number of aryl methyl sites for hydroxylation is 1. The largest absolute Gasteiger partial charge is 1.00 e. The minimum atomic E-state index is -0.490. The van der Waals surface area contributed by atoms with Crippen molar-refractivity contribution in [2.24, 2.45) is 0 Å². The van der Waals surface area contributed by atoms with E-state index in [4.69, 9.17) is 4.74 Å². The molecule has 0 saturated heterocycles. The number of aromatic nitrogens is 1. The number of alkyl carbamates (subject to hydrolysis) is 1. The van der Waals surface area contributed by atoms with Gasteiger partial charge in [-0.05, 0) is 33.8 Å². The summed E-state index contributed by atoms with van der Waals surface area (Å²) < 4.78 is 7.45. The lowest BCUT2D eigenvalue weighted by atomic mass is 10.1. The highest BCUT2D eigenvalue weighted by Crippen LogP contribution is 2.08. The number of nitrogens with one attached hydrogen (secondary N) is 1. The Balaban J connectivity index is 0.00000288. The van der Waals surface area contributed by atoms with Crippen LogP contribution in [0.4, 0.5) is 4.79 Å². The lowest BCUT2D eigenvalue weighted by Crippen LogP contribution is -3.00. The summed E-state index contributed by atoms with van der Waals surface area (Å²) in [5.41, 5.74) is 2.94. The van der Waals surface area contributed by atoms with Crippen molar-refractivity contribution in [3.8, 4) is 0 Å². The normalized spacial score (nSPS) is 10.7. The predicted octanol–water partition coefficient (Wildman–Crippen LogP) is 0.360. The Morgan fingerprint density at radius 3 is 2.42 bits per heavy atom. The van der Waals surface area contributed by atoms with Gasteiger partial charge in [-0.2, -0.15) is 4.57 Å². The van der Waals surface area contributed by atoms with Crippen LogP contribution < -0.4 is 26.9 Å². The van der Waals surface area contributed by atoms with Crippen molar-refractivity contribution in [2.45, 2.75) is 46.4 Å². The third-order valence-electron chi connectivity index (χ3n) is 3.41. The zero-order valence-electron chi connectivity index (χ0n) is 14.7. The lowest BCUT2D eigenvalue weighted by Gasteiger charge is -2.19. The topological polar surface area (TPSA) is 42.2 Å². The highest BCUT2D eigenvalue weighted by atomic mass is 79.9. The predicted molar refractivity (Wildman–Crippen MR) is 90.0 cm³/mol. The van der Waals surface area contributed by atoms with Gasteiger partial charge in [0.15, 0.2) is 12.7 Å². The van der Waals surface area contributed by atoms with Gasteiger partial charge in [0, 0.05) is 17.2 Å². The van der Waals surface area contributed by atoms with E-state index >= 15 is 0 Å². The molecule has 0 aliphatic heterocycles. The van der Waals surface area contributed by atoms with Crippen molar-refractivity contribution in [1.82, 2.24) is 5.32 Å². The van der Waals surface area contributed by atoms with Gasteiger partial charge >= 0.3 is 6.09 Å². The Kier molecular flexibility index (Phi) is 7.42. The Bertz CT molecular complexity index is 667. The fourth-order valence-corrected chi connectivity index (χ4v) is 2.34. The molecule has 1 heterocycles. The first kappa shape index (κ1) is 20.2. The van der Waals surface area contributed by atoms with Crippen molar-refractivity contribution in [2.75, 3.05) is 0 Å². The Hall–Kier alpha value is -1.88. The summed E-state index contributed by atoms with van der Waals surface area (Å²) in [5, 5.41) is 2.84. The highest BCUT2D eigenvalue weighted by molar-refractivity contribution is 5.67. The molecule has 0 atom stereocenters. The molecular formula is C19H25BrN2O2. The number of pyridine rings is 1. The van der Waals surface area contributed by atoms with Crippen LogP contribution in [-0.4, -0.2) is 11.7 Å². The first-order chi connectivity index (χ1) is 10.8. The van der Waals surface area contributed by atoms with E-state index in [-0.39, 0.29) is 17.0 Å². The van der Waals surface area contributed by atoms with Crippen LogP contribution in [0, 0.1) is 6.92 Å². The molecule has 1 N–H and O–H groups in total. The third kappa shape index (κ3) is 6.32. The molecule has 0 unspecified atom stereocenters.